The first-order valence-corrected chi connectivity index (χ1v) is 6.13. The Labute approximate surface area is 94.3 Å². The number of methoxy groups -OCH3 is 1. The van der Waals surface area contributed by atoms with E-state index in [2.05, 4.69) is 28.9 Å². The van der Waals surface area contributed by atoms with Crippen molar-refractivity contribution in [2.45, 2.75) is 32.3 Å². The summed E-state index contributed by atoms with van der Waals surface area (Å²) in [5, 5.41) is 10.6. The predicted octanol–water partition coefficient (Wildman–Crippen LogP) is 1.89. The minimum atomic E-state index is 0.358. The summed E-state index contributed by atoms with van der Waals surface area (Å²) < 4.78 is 5.33. The number of hydrogen-bond acceptors (Lipinski definition) is 5. The SMILES string of the molecule is COC1CCN(c2nnc(C(C)C)s2)C1. The summed E-state index contributed by atoms with van der Waals surface area (Å²) in [5.74, 6) is 0.470. The molecule has 0 aromatic carbocycles. The zero-order valence-corrected chi connectivity index (χ0v) is 10.3. The Bertz CT molecular complexity index is 326. The Kier molecular flexibility index (Phi) is 3.21. The Morgan fingerprint density at radius 3 is 2.80 bits per heavy atom. The van der Waals surface area contributed by atoms with Crippen LogP contribution in [0.3, 0.4) is 0 Å². The summed E-state index contributed by atoms with van der Waals surface area (Å²) in [5.41, 5.74) is 0. The smallest absolute Gasteiger partial charge is 0.208 e. The first-order chi connectivity index (χ1) is 7.20. The lowest BCUT2D eigenvalue weighted by Crippen LogP contribution is -2.21. The Morgan fingerprint density at radius 2 is 2.27 bits per heavy atom. The molecule has 0 amide bonds. The van der Waals surface area contributed by atoms with E-state index in [4.69, 9.17) is 4.74 Å². The molecule has 0 spiro atoms. The van der Waals surface area contributed by atoms with Crippen LogP contribution in [0.1, 0.15) is 31.2 Å². The zero-order chi connectivity index (χ0) is 10.8. The summed E-state index contributed by atoms with van der Waals surface area (Å²) in [7, 11) is 1.77. The Hall–Kier alpha value is -0.680. The van der Waals surface area contributed by atoms with Crippen LogP contribution in [0.4, 0.5) is 5.13 Å². The van der Waals surface area contributed by atoms with E-state index in [0.717, 1.165) is 29.6 Å². The van der Waals surface area contributed by atoms with Crippen LogP contribution >= 0.6 is 11.3 Å². The number of hydrogen-bond donors (Lipinski definition) is 0. The minimum Gasteiger partial charge on any atom is -0.380 e. The van der Waals surface area contributed by atoms with Crippen LogP contribution in [0.2, 0.25) is 0 Å². The lowest BCUT2D eigenvalue weighted by molar-refractivity contribution is 0.121. The van der Waals surface area contributed by atoms with Crippen molar-refractivity contribution < 1.29 is 4.74 Å². The third-order valence-corrected chi connectivity index (χ3v) is 3.96. The van der Waals surface area contributed by atoms with Gasteiger partial charge in [0.15, 0.2) is 0 Å². The van der Waals surface area contributed by atoms with Crippen molar-refractivity contribution in [2.75, 3.05) is 25.1 Å². The average molecular weight is 227 g/mol. The summed E-state index contributed by atoms with van der Waals surface area (Å²) in [6.45, 7) is 6.27. The molecule has 1 aromatic heterocycles. The zero-order valence-electron chi connectivity index (χ0n) is 9.43. The molecule has 5 heteroatoms. The summed E-state index contributed by atoms with van der Waals surface area (Å²) in [6.07, 6.45) is 1.45. The molecule has 1 aliphatic rings. The molecule has 0 N–H and O–H groups in total. The van der Waals surface area contributed by atoms with Crippen molar-refractivity contribution in [1.82, 2.24) is 10.2 Å². The maximum atomic E-state index is 5.33. The van der Waals surface area contributed by atoms with Gasteiger partial charge in [0.1, 0.15) is 5.01 Å². The van der Waals surface area contributed by atoms with Crippen LogP contribution in [0, 0.1) is 0 Å². The molecule has 15 heavy (non-hydrogen) atoms. The van der Waals surface area contributed by atoms with Gasteiger partial charge in [0, 0.05) is 26.1 Å². The van der Waals surface area contributed by atoms with Gasteiger partial charge in [-0.15, -0.1) is 10.2 Å². The van der Waals surface area contributed by atoms with E-state index in [9.17, 15) is 0 Å². The lowest BCUT2D eigenvalue weighted by atomic mass is 10.2. The molecule has 0 saturated carbocycles. The monoisotopic (exact) mass is 227 g/mol. The standard InChI is InChI=1S/C10H17N3OS/c1-7(2)9-11-12-10(15-9)13-5-4-8(6-13)14-3/h7-8H,4-6H2,1-3H3. The van der Waals surface area contributed by atoms with Gasteiger partial charge in [0.25, 0.3) is 0 Å². The number of rotatable bonds is 3. The van der Waals surface area contributed by atoms with Gasteiger partial charge in [-0.2, -0.15) is 0 Å². The third kappa shape index (κ3) is 2.29. The fourth-order valence-electron chi connectivity index (χ4n) is 1.68. The molecule has 1 unspecified atom stereocenters. The van der Waals surface area contributed by atoms with Crippen LogP contribution < -0.4 is 4.90 Å². The van der Waals surface area contributed by atoms with Crippen molar-refractivity contribution >= 4 is 16.5 Å². The highest BCUT2D eigenvalue weighted by atomic mass is 32.1. The molecule has 1 aliphatic heterocycles. The highest BCUT2D eigenvalue weighted by Crippen LogP contribution is 2.28. The Morgan fingerprint density at radius 1 is 1.47 bits per heavy atom. The van der Waals surface area contributed by atoms with Crippen molar-refractivity contribution in [1.29, 1.82) is 0 Å². The largest absolute Gasteiger partial charge is 0.380 e. The first kappa shape index (κ1) is 10.8. The maximum absolute atomic E-state index is 5.33. The van der Waals surface area contributed by atoms with Gasteiger partial charge in [0.2, 0.25) is 5.13 Å². The molecule has 0 radical (unpaired) electrons. The third-order valence-electron chi connectivity index (χ3n) is 2.67. The molecule has 1 aromatic rings. The fraction of sp³-hybridized carbons (Fsp3) is 0.800. The average Bonchev–Trinajstić information content (AvgIpc) is 2.86. The molecule has 1 atom stereocenters. The number of aromatic nitrogens is 2. The highest BCUT2D eigenvalue weighted by Gasteiger charge is 2.24. The molecule has 2 heterocycles. The second kappa shape index (κ2) is 4.45. The van der Waals surface area contributed by atoms with Gasteiger partial charge in [-0.25, -0.2) is 0 Å². The normalized spacial score (nSPS) is 21.6. The molecule has 0 bridgehead atoms. The summed E-state index contributed by atoms with van der Waals surface area (Å²) in [6, 6.07) is 0. The topological polar surface area (TPSA) is 38.2 Å². The molecular formula is C10H17N3OS. The van der Waals surface area contributed by atoms with E-state index in [0.29, 0.717) is 12.0 Å². The lowest BCUT2D eigenvalue weighted by Gasteiger charge is -2.13. The quantitative estimate of drug-likeness (QED) is 0.790. The summed E-state index contributed by atoms with van der Waals surface area (Å²) in [4.78, 5) is 2.26. The van der Waals surface area contributed by atoms with Crippen molar-refractivity contribution in [2.24, 2.45) is 0 Å². The van der Waals surface area contributed by atoms with Crippen molar-refractivity contribution in [3.63, 3.8) is 0 Å². The predicted molar refractivity (Wildman–Crippen MR) is 61.6 cm³/mol. The second-order valence-corrected chi connectivity index (χ2v) is 5.16. The highest BCUT2D eigenvalue weighted by molar-refractivity contribution is 7.15. The van der Waals surface area contributed by atoms with E-state index >= 15 is 0 Å². The van der Waals surface area contributed by atoms with E-state index in [-0.39, 0.29) is 0 Å². The van der Waals surface area contributed by atoms with Gasteiger partial charge >= 0.3 is 0 Å². The fourth-order valence-corrected chi connectivity index (χ4v) is 2.56. The molecule has 2 rings (SSSR count). The van der Waals surface area contributed by atoms with Crippen LogP contribution in [0.15, 0.2) is 0 Å². The first-order valence-electron chi connectivity index (χ1n) is 5.32. The summed E-state index contributed by atoms with van der Waals surface area (Å²) >= 11 is 1.70. The molecule has 0 aliphatic carbocycles. The van der Waals surface area contributed by atoms with Crippen LogP contribution in [0.5, 0.6) is 0 Å². The van der Waals surface area contributed by atoms with Gasteiger partial charge in [-0.3, -0.25) is 0 Å². The van der Waals surface area contributed by atoms with E-state index < -0.39 is 0 Å². The molecule has 1 fully saturated rings. The number of ether oxygens (including phenoxy) is 1. The van der Waals surface area contributed by atoms with Crippen LogP contribution in [-0.4, -0.2) is 36.5 Å². The van der Waals surface area contributed by atoms with Crippen LogP contribution in [-0.2, 0) is 4.74 Å². The molecule has 84 valence electrons. The van der Waals surface area contributed by atoms with Gasteiger partial charge < -0.3 is 9.64 Å². The van der Waals surface area contributed by atoms with E-state index in [1.165, 1.54) is 0 Å². The maximum Gasteiger partial charge on any atom is 0.208 e. The molecule has 4 nitrogen and oxygen atoms in total. The minimum absolute atomic E-state index is 0.358. The second-order valence-electron chi connectivity index (χ2n) is 4.17. The van der Waals surface area contributed by atoms with Crippen molar-refractivity contribution in [3.05, 3.63) is 5.01 Å². The number of anilines is 1. The van der Waals surface area contributed by atoms with Gasteiger partial charge in [-0.05, 0) is 6.42 Å². The number of nitrogens with zero attached hydrogens (tertiary/aromatic N) is 3. The Balaban J connectivity index is 2.04. The van der Waals surface area contributed by atoms with Gasteiger partial charge in [0.05, 0.1) is 6.10 Å². The van der Waals surface area contributed by atoms with Crippen LogP contribution in [0.25, 0.3) is 0 Å². The van der Waals surface area contributed by atoms with E-state index in [1.807, 2.05) is 0 Å². The van der Waals surface area contributed by atoms with E-state index in [1.54, 1.807) is 18.4 Å². The molecular weight excluding hydrogens is 210 g/mol. The van der Waals surface area contributed by atoms with Gasteiger partial charge in [-0.1, -0.05) is 25.2 Å². The molecule has 1 saturated heterocycles. The van der Waals surface area contributed by atoms with Crippen molar-refractivity contribution in [3.8, 4) is 0 Å².